The van der Waals surface area contributed by atoms with E-state index >= 15 is 0 Å². The highest BCUT2D eigenvalue weighted by Crippen LogP contribution is 2.31. The third-order valence-electron chi connectivity index (χ3n) is 4.42. The van der Waals surface area contributed by atoms with Crippen LogP contribution in [0.3, 0.4) is 0 Å². The number of thiocarbonyl (C=S) groups is 1. The van der Waals surface area contributed by atoms with Crippen molar-refractivity contribution in [3.63, 3.8) is 0 Å². The van der Waals surface area contributed by atoms with Crippen LogP contribution in [-0.4, -0.2) is 63.6 Å². The lowest BCUT2D eigenvalue weighted by Gasteiger charge is -2.21. The number of rotatable bonds is 11. The molecule has 0 atom stereocenters. The number of unbranched alkanes of at least 4 members (excludes halogenated alkanes) is 1. The van der Waals surface area contributed by atoms with Gasteiger partial charge in [0.2, 0.25) is 0 Å². The Morgan fingerprint density at radius 2 is 2.23 bits per heavy atom. The van der Waals surface area contributed by atoms with Crippen LogP contribution in [-0.2, 0) is 11.2 Å². The standard InChI is InChI=1S/C20H31N3O2S/c1-4-11-22(2)12-5-6-14-25-18-7-8-19-17(16-18)9-13-23(19)20(26)21-10-15-24-3/h4,7-8,16H,1,5-6,9-15H2,2-3H3,(H,21,26). The Morgan fingerprint density at radius 1 is 1.38 bits per heavy atom. The van der Waals surface area contributed by atoms with Crippen LogP contribution < -0.4 is 15.0 Å². The second-order valence-electron chi connectivity index (χ2n) is 6.52. The maximum Gasteiger partial charge on any atom is 0.173 e. The van der Waals surface area contributed by atoms with Crippen molar-refractivity contribution >= 4 is 23.0 Å². The number of likely N-dealkylation sites (N-methyl/N-ethyl adjacent to an activating group) is 1. The zero-order chi connectivity index (χ0) is 18.8. The molecule has 0 radical (unpaired) electrons. The highest BCUT2D eigenvalue weighted by molar-refractivity contribution is 7.80. The number of hydrogen-bond acceptors (Lipinski definition) is 4. The molecule has 0 bridgehead atoms. The Balaban J connectivity index is 1.77. The molecule has 0 aromatic heterocycles. The second kappa shape index (κ2) is 11.2. The molecule has 0 unspecified atom stereocenters. The fraction of sp³-hybridized carbons (Fsp3) is 0.550. The van der Waals surface area contributed by atoms with Gasteiger partial charge in [0.1, 0.15) is 5.75 Å². The number of fused-ring (bicyclic) bond motifs is 1. The Kier molecular flexibility index (Phi) is 8.88. The first-order valence-electron chi connectivity index (χ1n) is 9.25. The third-order valence-corrected chi connectivity index (χ3v) is 4.78. The van der Waals surface area contributed by atoms with Gasteiger partial charge in [-0.25, -0.2) is 0 Å². The van der Waals surface area contributed by atoms with Gasteiger partial charge in [0.25, 0.3) is 0 Å². The summed E-state index contributed by atoms with van der Waals surface area (Å²) in [7, 11) is 3.81. The van der Waals surface area contributed by atoms with E-state index in [1.54, 1.807) is 7.11 Å². The minimum absolute atomic E-state index is 0.650. The minimum Gasteiger partial charge on any atom is -0.494 e. The molecule has 1 aromatic carbocycles. The summed E-state index contributed by atoms with van der Waals surface area (Å²) in [4.78, 5) is 4.42. The van der Waals surface area contributed by atoms with E-state index in [1.165, 1.54) is 11.3 Å². The van der Waals surface area contributed by atoms with Crippen molar-refractivity contribution in [3.8, 4) is 5.75 Å². The minimum atomic E-state index is 0.650. The van der Waals surface area contributed by atoms with E-state index < -0.39 is 0 Å². The number of ether oxygens (including phenoxy) is 2. The summed E-state index contributed by atoms with van der Waals surface area (Å²) in [6.45, 7) is 8.80. The van der Waals surface area contributed by atoms with Crippen LogP contribution in [0.2, 0.25) is 0 Å². The summed E-state index contributed by atoms with van der Waals surface area (Å²) in [5.41, 5.74) is 2.47. The quantitative estimate of drug-likeness (QED) is 0.363. The molecule has 1 heterocycles. The highest BCUT2D eigenvalue weighted by atomic mass is 32.1. The summed E-state index contributed by atoms with van der Waals surface area (Å²) in [5.74, 6) is 0.948. The fourth-order valence-electron chi connectivity index (χ4n) is 3.02. The molecule has 26 heavy (non-hydrogen) atoms. The lowest BCUT2D eigenvalue weighted by Crippen LogP contribution is -2.40. The second-order valence-corrected chi connectivity index (χ2v) is 6.91. The third kappa shape index (κ3) is 6.27. The molecule has 5 nitrogen and oxygen atoms in total. The van der Waals surface area contributed by atoms with Gasteiger partial charge in [-0.05, 0) is 68.8 Å². The predicted octanol–water partition coefficient (Wildman–Crippen LogP) is 2.85. The molecule has 1 N–H and O–H groups in total. The summed E-state index contributed by atoms with van der Waals surface area (Å²) in [6.07, 6.45) is 5.11. The average molecular weight is 378 g/mol. The Labute approximate surface area is 163 Å². The molecular formula is C20H31N3O2S. The number of anilines is 1. The van der Waals surface area contributed by atoms with Crippen molar-refractivity contribution in [2.75, 3.05) is 58.5 Å². The van der Waals surface area contributed by atoms with Gasteiger partial charge < -0.3 is 24.6 Å². The smallest absolute Gasteiger partial charge is 0.173 e. The summed E-state index contributed by atoms with van der Waals surface area (Å²) >= 11 is 5.49. The molecule has 0 amide bonds. The van der Waals surface area contributed by atoms with Gasteiger partial charge >= 0.3 is 0 Å². The Morgan fingerprint density at radius 3 is 3.00 bits per heavy atom. The lowest BCUT2D eigenvalue weighted by atomic mass is 10.1. The summed E-state index contributed by atoms with van der Waals surface area (Å²) in [6, 6.07) is 6.30. The molecule has 0 spiro atoms. The van der Waals surface area contributed by atoms with Gasteiger partial charge in [-0.3, -0.25) is 0 Å². The van der Waals surface area contributed by atoms with Gasteiger partial charge in [0.05, 0.1) is 13.2 Å². The molecule has 0 saturated heterocycles. The molecule has 0 aliphatic carbocycles. The molecule has 144 valence electrons. The monoisotopic (exact) mass is 377 g/mol. The maximum atomic E-state index is 5.93. The largest absolute Gasteiger partial charge is 0.494 e. The van der Waals surface area contributed by atoms with Crippen LogP contribution in [0, 0.1) is 0 Å². The fourth-order valence-corrected chi connectivity index (χ4v) is 3.31. The molecule has 2 rings (SSSR count). The number of nitrogens with zero attached hydrogens (tertiary/aromatic N) is 2. The highest BCUT2D eigenvalue weighted by Gasteiger charge is 2.22. The van der Waals surface area contributed by atoms with E-state index in [0.717, 1.165) is 62.9 Å². The van der Waals surface area contributed by atoms with E-state index in [0.29, 0.717) is 6.61 Å². The maximum absolute atomic E-state index is 5.93. The molecule has 6 heteroatoms. The normalized spacial score (nSPS) is 13.0. The van der Waals surface area contributed by atoms with Crippen molar-refractivity contribution in [1.29, 1.82) is 0 Å². The van der Waals surface area contributed by atoms with Crippen molar-refractivity contribution < 1.29 is 9.47 Å². The van der Waals surface area contributed by atoms with Crippen LogP contribution in [0.5, 0.6) is 5.75 Å². The van der Waals surface area contributed by atoms with Crippen LogP contribution in [0.25, 0.3) is 0 Å². The van der Waals surface area contributed by atoms with E-state index in [2.05, 4.69) is 40.9 Å². The topological polar surface area (TPSA) is 37.0 Å². The van der Waals surface area contributed by atoms with E-state index in [9.17, 15) is 0 Å². The van der Waals surface area contributed by atoms with Crippen molar-refractivity contribution in [3.05, 3.63) is 36.4 Å². The number of nitrogens with one attached hydrogen (secondary N) is 1. The van der Waals surface area contributed by atoms with Gasteiger partial charge in [-0.2, -0.15) is 0 Å². The molecule has 1 aromatic rings. The zero-order valence-electron chi connectivity index (χ0n) is 16.0. The van der Waals surface area contributed by atoms with Crippen molar-refractivity contribution in [1.82, 2.24) is 10.2 Å². The number of benzene rings is 1. The molecule has 1 aliphatic heterocycles. The zero-order valence-corrected chi connectivity index (χ0v) is 16.8. The van der Waals surface area contributed by atoms with E-state index in [-0.39, 0.29) is 0 Å². The molecular weight excluding hydrogens is 346 g/mol. The molecule has 0 saturated carbocycles. The molecule has 1 aliphatic rings. The van der Waals surface area contributed by atoms with Crippen LogP contribution in [0.4, 0.5) is 5.69 Å². The Hall–Kier alpha value is -1.63. The van der Waals surface area contributed by atoms with Crippen LogP contribution in [0.1, 0.15) is 18.4 Å². The van der Waals surface area contributed by atoms with Gasteiger partial charge in [0.15, 0.2) is 5.11 Å². The van der Waals surface area contributed by atoms with E-state index in [4.69, 9.17) is 21.7 Å². The predicted molar refractivity (Wildman–Crippen MR) is 112 cm³/mol. The Bertz CT molecular complexity index is 594. The number of hydrogen-bond donors (Lipinski definition) is 1. The first-order valence-corrected chi connectivity index (χ1v) is 9.66. The van der Waals surface area contributed by atoms with E-state index in [1.807, 2.05) is 12.1 Å². The summed E-state index contributed by atoms with van der Waals surface area (Å²) < 4.78 is 11.0. The molecule has 0 fully saturated rings. The average Bonchev–Trinajstić information content (AvgIpc) is 3.05. The van der Waals surface area contributed by atoms with Crippen molar-refractivity contribution in [2.45, 2.75) is 19.3 Å². The first kappa shape index (κ1) is 20.7. The summed E-state index contributed by atoms with van der Waals surface area (Å²) in [5, 5.41) is 4.00. The van der Waals surface area contributed by atoms with Gasteiger partial charge in [-0.15, -0.1) is 6.58 Å². The van der Waals surface area contributed by atoms with Crippen molar-refractivity contribution in [2.24, 2.45) is 0 Å². The lowest BCUT2D eigenvalue weighted by molar-refractivity contribution is 0.204. The van der Waals surface area contributed by atoms with Crippen LogP contribution in [0.15, 0.2) is 30.9 Å². The van der Waals surface area contributed by atoms with Gasteiger partial charge in [-0.1, -0.05) is 6.08 Å². The SMILES string of the molecule is C=CCN(C)CCCCOc1ccc2c(c1)CCN2C(=S)NCCOC. The van der Waals surface area contributed by atoms with Gasteiger partial charge in [0, 0.05) is 32.4 Å². The number of methoxy groups -OCH3 is 1. The first-order chi connectivity index (χ1) is 12.7. The van der Waals surface area contributed by atoms with Crippen LogP contribution >= 0.6 is 12.2 Å².